The van der Waals surface area contributed by atoms with Crippen LogP contribution in [-0.4, -0.2) is 55.5 Å². The fourth-order valence-corrected chi connectivity index (χ4v) is 3.35. The van der Waals surface area contributed by atoms with Gasteiger partial charge in [0.1, 0.15) is 5.92 Å². The highest BCUT2D eigenvalue weighted by atomic mass is 16.6. The van der Waals surface area contributed by atoms with Crippen molar-refractivity contribution in [2.45, 2.75) is 31.2 Å². The van der Waals surface area contributed by atoms with Gasteiger partial charge in [-0.15, -0.1) is 0 Å². The Hall–Kier alpha value is -3.42. The van der Waals surface area contributed by atoms with Crippen molar-refractivity contribution in [2.75, 3.05) is 20.4 Å². The molecule has 2 amide bonds. The first-order chi connectivity index (χ1) is 14.5. The van der Waals surface area contributed by atoms with Gasteiger partial charge in [0.05, 0.1) is 13.2 Å². The van der Waals surface area contributed by atoms with Gasteiger partial charge in [-0.2, -0.15) is 0 Å². The lowest BCUT2D eigenvalue weighted by molar-refractivity contribution is -0.144. The van der Waals surface area contributed by atoms with Gasteiger partial charge in [-0.1, -0.05) is 36.9 Å². The van der Waals surface area contributed by atoms with E-state index in [2.05, 4.69) is 11.6 Å². The maximum atomic E-state index is 12.7. The first-order valence-corrected chi connectivity index (χ1v) is 9.67. The van der Waals surface area contributed by atoms with Crippen LogP contribution in [0.5, 0.6) is 0 Å². The van der Waals surface area contributed by atoms with E-state index in [1.165, 1.54) is 25.5 Å². The number of benzene rings is 1. The molecule has 2 N–H and O–H groups in total. The van der Waals surface area contributed by atoms with Gasteiger partial charge >= 0.3 is 12.1 Å². The quantitative estimate of drug-likeness (QED) is 0.305. The van der Waals surface area contributed by atoms with Crippen LogP contribution >= 0.6 is 0 Å². The lowest BCUT2D eigenvalue weighted by Crippen LogP contribution is -2.49. The number of primary amides is 1. The number of esters is 1. The van der Waals surface area contributed by atoms with Crippen molar-refractivity contribution < 1.29 is 23.9 Å². The van der Waals surface area contributed by atoms with Crippen molar-refractivity contribution in [2.24, 2.45) is 10.7 Å². The number of piperidine rings is 1. The normalized spacial score (nSPS) is 17.6. The average molecular weight is 413 g/mol. The first kappa shape index (κ1) is 22.9. The number of ether oxygens (including phenoxy) is 2. The molecule has 30 heavy (non-hydrogen) atoms. The highest BCUT2D eigenvalue weighted by molar-refractivity contribution is 5.95. The molecule has 1 heterocycles. The molecule has 160 valence electrons. The van der Waals surface area contributed by atoms with Gasteiger partial charge in [0.25, 0.3) is 0 Å². The topological polar surface area (TPSA) is 111 Å². The number of rotatable bonds is 8. The Kier molecular flexibility index (Phi) is 8.80. The highest BCUT2D eigenvalue weighted by Crippen LogP contribution is 2.32. The number of aliphatic imine (C=N–C) groups is 1. The van der Waals surface area contributed by atoms with Crippen molar-refractivity contribution >= 4 is 24.2 Å². The summed E-state index contributed by atoms with van der Waals surface area (Å²) in [5, 5.41) is 0. The molecule has 0 saturated carbocycles. The van der Waals surface area contributed by atoms with Gasteiger partial charge in [0, 0.05) is 18.3 Å². The maximum absolute atomic E-state index is 12.7. The van der Waals surface area contributed by atoms with Crippen LogP contribution in [0, 0.1) is 0 Å². The molecule has 1 aromatic rings. The Morgan fingerprint density at radius 2 is 2.03 bits per heavy atom. The number of amides is 2. The zero-order valence-corrected chi connectivity index (χ0v) is 17.0. The summed E-state index contributed by atoms with van der Waals surface area (Å²) in [7, 11) is 1.35. The molecule has 1 aliphatic rings. The third kappa shape index (κ3) is 6.30. The van der Waals surface area contributed by atoms with Crippen LogP contribution in [0.2, 0.25) is 0 Å². The molecule has 0 radical (unpaired) electrons. The lowest BCUT2D eigenvalue weighted by Gasteiger charge is -2.38. The molecule has 2 unspecified atom stereocenters. The molecule has 0 bridgehead atoms. The van der Waals surface area contributed by atoms with Gasteiger partial charge in [0.15, 0.2) is 6.73 Å². The largest absolute Gasteiger partial charge is 0.468 e. The number of nitrogens with two attached hydrogens (primary N) is 1. The number of allylic oxidation sites excluding steroid dienone is 1. The van der Waals surface area contributed by atoms with Crippen LogP contribution in [-0.2, 0) is 19.1 Å². The zero-order valence-electron chi connectivity index (χ0n) is 17.0. The number of carbonyl (C=O) groups is 3. The molecule has 0 aliphatic carbocycles. The molecule has 2 atom stereocenters. The van der Waals surface area contributed by atoms with E-state index in [0.717, 1.165) is 18.4 Å². The number of hydrogen-bond acceptors (Lipinski definition) is 6. The Bertz CT molecular complexity index is 819. The highest BCUT2D eigenvalue weighted by Gasteiger charge is 2.39. The third-order valence-electron chi connectivity index (χ3n) is 4.85. The lowest BCUT2D eigenvalue weighted by atomic mass is 9.85. The molecular weight excluding hydrogens is 386 g/mol. The number of methoxy groups -OCH3 is 1. The second kappa shape index (κ2) is 11.5. The van der Waals surface area contributed by atoms with Crippen molar-refractivity contribution in [3.63, 3.8) is 0 Å². The minimum Gasteiger partial charge on any atom is -0.468 e. The fraction of sp³-hybridized carbons (Fsp3) is 0.364. The van der Waals surface area contributed by atoms with Gasteiger partial charge in [-0.25, -0.2) is 4.79 Å². The summed E-state index contributed by atoms with van der Waals surface area (Å²) in [6.07, 6.45) is 6.15. The molecule has 1 fully saturated rings. The molecule has 1 saturated heterocycles. The Morgan fingerprint density at radius 3 is 2.70 bits per heavy atom. The van der Waals surface area contributed by atoms with E-state index in [4.69, 9.17) is 15.2 Å². The zero-order chi connectivity index (χ0) is 21.9. The van der Waals surface area contributed by atoms with E-state index < -0.39 is 17.9 Å². The summed E-state index contributed by atoms with van der Waals surface area (Å²) in [6.45, 7) is 3.78. The third-order valence-corrected chi connectivity index (χ3v) is 4.85. The van der Waals surface area contributed by atoms with Gasteiger partial charge < -0.3 is 20.1 Å². The fourth-order valence-electron chi connectivity index (χ4n) is 3.35. The van der Waals surface area contributed by atoms with Crippen LogP contribution in [0.1, 0.15) is 30.7 Å². The molecule has 8 nitrogen and oxygen atoms in total. The molecule has 0 spiro atoms. The standard InChI is InChI=1S/C22H27N3O5/c1-16(20(23)26)9-8-13-24-15-30-22(28)25-14-7-6-12-18(25)19(21(27)29-2)17-10-4-3-5-11-17/h3-5,8-11,13,18-19H,1,6-7,12,14-15H2,2H3,(H2,23,26)/b9-8-,24-13?. The van der Waals surface area contributed by atoms with E-state index in [1.807, 2.05) is 30.3 Å². The first-order valence-electron chi connectivity index (χ1n) is 9.67. The van der Waals surface area contributed by atoms with E-state index in [1.54, 1.807) is 4.90 Å². The summed E-state index contributed by atoms with van der Waals surface area (Å²) < 4.78 is 10.3. The second-order valence-electron chi connectivity index (χ2n) is 6.79. The summed E-state index contributed by atoms with van der Waals surface area (Å²) in [6, 6.07) is 8.93. The van der Waals surface area contributed by atoms with Crippen LogP contribution in [0.4, 0.5) is 4.79 Å². The average Bonchev–Trinajstić information content (AvgIpc) is 2.76. The minimum atomic E-state index is -0.624. The number of nitrogens with zero attached hydrogens (tertiary/aromatic N) is 2. The van der Waals surface area contributed by atoms with Crippen LogP contribution in [0.25, 0.3) is 0 Å². The second-order valence-corrected chi connectivity index (χ2v) is 6.79. The summed E-state index contributed by atoms with van der Waals surface area (Å²) in [5.74, 6) is -1.60. The number of hydrogen-bond donors (Lipinski definition) is 1. The monoisotopic (exact) mass is 413 g/mol. The number of carbonyl (C=O) groups excluding carboxylic acids is 3. The molecular formula is C22H27N3O5. The van der Waals surface area contributed by atoms with Crippen molar-refractivity contribution in [1.29, 1.82) is 0 Å². The molecule has 8 heteroatoms. The van der Waals surface area contributed by atoms with Crippen molar-refractivity contribution in [1.82, 2.24) is 4.90 Å². The van der Waals surface area contributed by atoms with Gasteiger partial charge in [-0.3, -0.25) is 14.6 Å². The minimum absolute atomic E-state index is 0.143. The molecule has 0 aromatic heterocycles. The summed E-state index contributed by atoms with van der Waals surface area (Å²) in [4.78, 5) is 41.6. The predicted octanol–water partition coefficient (Wildman–Crippen LogP) is 2.56. The van der Waals surface area contributed by atoms with E-state index in [-0.39, 0.29) is 24.3 Å². The Labute approximate surface area is 176 Å². The maximum Gasteiger partial charge on any atom is 0.411 e. The molecule has 1 aromatic carbocycles. The Balaban J connectivity index is 2.04. The summed E-state index contributed by atoms with van der Waals surface area (Å²) >= 11 is 0. The van der Waals surface area contributed by atoms with Crippen molar-refractivity contribution in [3.8, 4) is 0 Å². The van der Waals surface area contributed by atoms with Crippen molar-refractivity contribution in [3.05, 3.63) is 60.2 Å². The van der Waals surface area contributed by atoms with Crippen LogP contribution in [0.15, 0.2) is 59.6 Å². The SMILES string of the molecule is C=C(/C=C\C=NCOC(=O)N1CCCCC1C(C(=O)OC)c1ccccc1)C(N)=O. The van der Waals surface area contributed by atoms with E-state index >= 15 is 0 Å². The van der Waals surface area contributed by atoms with Gasteiger partial charge in [-0.05, 0) is 37.0 Å². The molecule has 2 rings (SSSR count). The van der Waals surface area contributed by atoms with E-state index in [0.29, 0.717) is 13.0 Å². The van der Waals surface area contributed by atoms with Crippen LogP contribution < -0.4 is 5.73 Å². The Morgan fingerprint density at radius 1 is 1.30 bits per heavy atom. The summed E-state index contributed by atoms with van der Waals surface area (Å²) in [5.41, 5.74) is 6.01. The molecule has 1 aliphatic heterocycles. The van der Waals surface area contributed by atoms with E-state index in [9.17, 15) is 14.4 Å². The predicted molar refractivity (Wildman–Crippen MR) is 113 cm³/mol. The smallest absolute Gasteiger partial charge is 0.411 e. The van der Waals surface area contributed by atoms with Crippen LogP contribution in [0.3, 0.4) is 0 Å². The number of likely N-dealkylation sites (tertiary alicyclic amines) is 1. The van der Waals surface area contributed by atoms with Gasteiger partial charge in [0.2, 0.25) is 5.91 Å².